The van der Waals surface area contributed by atoms with Crippen LogP contribution in [-0.4, -0.2) is 24.9 Å². The second-order valence-corrected chi connectivity index (χ2v) is 6.18. The summed E-state index contributed by atoms with van der Waals surface area (Å²) >= 11 is 0. The van der Waals surface area contributed by atoms with Crippen molar-refractivity contribution in [3.05, 3.63) is 78.1 Å². The van der Waals surface area contributed by atoms with Crippen LogP contribution >= 0.6 is 0 Å². The van der Waals surface area contributed by atoms with Crippen LogP contribution in [0.25, 0.3) is 10.8 Å². The lowest BCUT2D eigenvalue weighted by Crippen LogP contribution is -2.34. The maximum Gasteiger partial charge on any atom is 0.251 e. The maximum atomic E-state index is 13.1. The number of nitrogens with zero attached hydrogens (tertiary/aromatic N) is 1. The van der Waals surface area contributed by atoms with E-state index in [2.05, 4.69) is 5.32 Å². The van der Waals surface area contributed by atoms with Gasteiger partial charge in [-0.05, 0) is 54.1 Å². The van der Waals surface area contributed by atoms with Crippen LogP contribution in [0.1, 0.15) is 23.7 Å². The summed E-state index contributed by atoms with van der Waals surface area (Å²) in [5.74, 6) is -0.675. The Kier molecular flexibility index (Phi) is 5.81. The van der Waals surface area contributed by atoms with Crippen LogP contribution in [0.2, 0.25) is 0 Å². The Morgan fingerprint density at radius 3 is 2.37 bits per heavy atom. The van der Waals surface area contributed by atoms with Crippen LogP contribution in [0.5, 0.6) is 0 Å². The van der Waals surface area contributed by atoms with E-state index < -0.39 is 0 Å². The summed E-state index contributed by atoms with van der Waals surface area (Å²) in [6, 6.07) is 19.1. The van der Waals surface area contributed by atoms with Gasteiger partial charge in [0.05, 0.1) is 0 Å². The lowest BCUT2D eigenvalue weighted by molar-refractivity contribution is -0.118. The second-order valence-electron chi connectivity index (χ2n) is 6.18. The molecule has 5 heteroatoms. The summed E-state index contributed by atoms with van der Waals surface area (Å²) in [6.45, 7) is 2.57. The number of rotatable bonds is 6. The third-order valence-electron chi connectivity index (χ3n) is 4.39. The predicted octanol–water partition coefficient (Wildman–Crippen LogP) is 4.15. The minimum Gasteiger partial charge on any atom is -0.352 e. The van der Waals surface area contributed by atoms with Gasteiger partial charge in [-0.2, -0.15) is 0 Å². The first-order valence-corrected chi connectivity index (χ1v) is 8.91. The van der Waals surface area contributed by atoms with E-state index in [1.54, 1.807) is 23.1 Å². The third-order valence-corrected chi connectivity index (χ3v) is 4.39. The van der Waals surface area contributed by atoms with E-state index in [9.17, 15) is 14.0 Å². The molecule has 27 heavy (non-hydrogen) atoms. The molecule has 0 aliphatic carbocycles. The molecular formula is C22H21FN2O2. The zero-order chi connectivity index (χ0) is 19.2. The molecule has 1 N–H and O–H groups in total. The molecule has 0 radical (unpaired) electrons. The molecule has 0 fully saturated rings. The summed E-state index contributed by atoms with van der Waals surface area (Å²) in [7, 11) is 0. The zero-order valence-electron chi connectivity index (χ0n) is 15.1. The highest BCUT2D eigenvalue weighted by atomic mass is 19.1. The molecule has 4 nitrogen and oxygen atoms in total. The van der Waals surface area contributed by atoms with Crippen molar-refractivity contribution in [3.63, 3.8) is 0 Å². The smallest absolute Gasteiger partial charge is 0.251 e. The van der Waals surface area contributed by atoms with E-state index in [0.29, 0.717) is 17.8 Å². The molecule has 3 rings (SSSR count). The van der Waals surface area contributed by atoms with Crippen LogP contribution in [0, 0.1) is 5.82 Å². The number of carbonyl (C=O) groups excluding carboxylic acids is 2. The number of hydrogen-bond acceptors (Lipinski definition) is 2. The molecule has 0 spiro atoms. The lowest BCUT2D eigenvalue weighted by atomic mass is 10.1. The van der Waals surface area contributed by atoms with Gasteiger partial charge in [0.25, 0.3) is 5.91 Å². The van der Waals surface area contributed by atoms with Gasteiger partial charge in [0.15, 0.2) is 0 Å². The monoisotopic (exact) mass is 364 g/mol. The first-order valence-electron chi connectivity index (χ1n) is 8.91. The van der Waals surface area contributed by atoms with Crippen molar-refractivity contribution < 1.29 is 14.0 Å². The molecule has 0 atom stereocenters. The highest BCUT2D eigenvalue weighted by molar-refractivity contribution is 5.99. The molecule has 138 valence electrons. The van der Waals surface area contributed by atoms with Gasteiger partial charge in [-0.15, -0.1) is 0 Å². The Balaban J connectivity index is 1.58. The van der Waals surface area contributed by atoms with Crippen molar-refractivity contribution in [1.29, 1.82) is 0 Å². The number of hydrogen-bond donors (Lipinski definition) is 1. The van der Waals surface area contributed by atoms with Crippen molar-refractivity contribution in [2.24, 2.45) is 0 Å². The molecular weight excluding hydrogens is 343 g/mol. The molecule has 3 aromatic carbocycles. The molecule has 2 amide bonds. The summed E-state index contributed by atoms with van der Waals surface area (Å²) in [6.07, 6.45) is 0.171. The van der Waals surface area contributed by atoms with E-state index >= 15 is 0 Å². The minimum absolute atomic E-state index is 0.122. The average Bonchev–Trinajstić information content (AvgIpc) is 2.69. The first kappa shape index (κ1) is 18.6. The van der Waals surface area contributed by atoms with Gasteiger partial charge in [0.2, 0.25) is 5.91 Å². The van der Waals surface area contributed by atoms with Crippen LogP contribution in [-0.2, 0) is 4.79 Å². The normalized spacial score (nSPS) is 10.6. The molecule has 0 aliphatic rings. The summed E-state index contributed by atoms with van der Waals surface area (Å²) in [5, 5.41) is 4.85. The first-order chi connectivity index (χ1) is 13.1. The van der Waals surface area contributed by atoms with Crippen molar-refractivity contribution in [3.8, 4) is 0 Å². The summed E-state index contributed by atoms with van der Waals surface area (Å²) in [4.78, 5) is 26.3. The highest BCUT2D eigenvalue weighted by Gasteiger charge is 2.14. The number of benzene rings is 3. The van der Waals surface area contributed by atoms with Crippen molar-refractivity contribution >= 4 is 28.3 Å². The SMILES string of the molecule is CCN(C(=O)CCNC(=O)c1ccc2ccccc2c1)c1ccc(F)cc1. The second kappa shape index (κ2) is 8.45. The Bertz CT molecular complexity index is 954. The third kappa shape index (κ3) is 4.50. The predicted molar refractivity (Wildman–Crippen MR) is 105 cm³/mol. The Morgan fingerprint density at radius 1 is 0.963 bits per heavy atom. The number of nitrogens with one attached hydrogen (secondary N) is 1. The van der Waals surface area contributed by atoms with Gasteiger partial charge >= 0.3 is 0 Å². The fraction of sp³-hybridized carbons (Fsp3) is 0.182. The summed E-state index contributed by atoms with van der Waals surface area (Å²) < 4.78 is 13.1. The highest BCUT2D eigenvalue weighted by Crippen LogP contribution is 2.17. The molecule has 0 aromatic heterocycles. The molecule has 0 bridgehead atoms. The molecule has 0 saturated carbocycles. The van der Waals surface area contributed by atoms with Crippen molar-refractivity contribution in [2.45, 2.75) is 13.3 Å². The van der Waals surface area contributed by atoms with E-state index in [1.807, 2.05) is 43.3 Å². The molecule has 0 heterocycles. The molecule has 3 aromatic rings. The van der Waals surface area contributed by atoms with Crippen LogP contribution in [0.3, 0.4) is 0 Å². The van der Waals surface area contributed by atoms with E-state index in [0.717, 1.165) is 10.8 Å². The van der Waals surface area contributed by atoms with Crippen LogP contribution < -0.4 is 10.2 Å². The van der Waals surface area contributed by atoms with E-state index in [4.69, 9.17) is 0 Å². The lowest BCUT2D eigenvalue weighted by Gasteiger charge is -2.21. The average molecular weight is 364 g/mol. The van der Waals surface area contributed by atoms with Crippen LogP contribution in [0.15, 0.2) is 66.7 Å². The fourth-order valence-electron chi connectivity index (χ4n) is 2.97. The topological polar surface area (TPSA) is 49.4 Å². The van der Waals surface area contributed by atoms with E-state index in [-0.39, 0.29) is 30.6 Å². The standard InChI is InChI=1S/C22H21FN2O2/c1-2-25(20-11-9-19(23)10-12-20)21(26)13-14-24-22(27)18-8-7-16-5-3-4-6-17(16)15-18/h3-12,15H,2,13-14H2,1H3,(H,24,27). The number of halogens is 1. The van der Waals surface area contributed by atoms with Gasteiger partial charge < -0.3 is 10.2 Å². The summed E-state index contributed by atoms with van der Waals surface area (Å²) in [5.41, 5.74) is 1.21. The van der Waals surface area contributed by atoms with Gasteiger partial charge in [-0.3, -0.25) is 9.59 Å². The van der Waals surface area contributed by atoms with E-state index in [1.165, 1.54) is 12.1 Å². The van der Waals surface area contributed by atoms with Gasteiger partial charge in [0, 0.05) is 30.8 Å². The van der Waals surface area contributed by atoms with Gasteiger partial charge in [-0.25, -0.2) is 4.39 Å². The molecule has 0 unspecified atom stereocenters. The Morgan fingerprint density at radius 2 is 1.67 bits per heavy atom. The quantitative estimate of drug-likeness (QED) is 0.714. The van der Waals surface area contributed by atoms with Crippen molar-refractivity contribution in [1.82, 2.24) is 5.32 Å². The van der Waals surface area contributed by atoms with Crippen molar-refractivity contribution in [2.75, 3.05) is 18.0 Å². The fourth-order valence-corrected chi connectivity index (χ4v) is 2.97. The number of fused-ring (bicyclic) bond motifs is 1. The maximum absolute atomic E-state index is 13.1. The zero-order valence-corrected chi connectivity index (χ0v) is 15.1. The molecule has 0 saturated heterocycles. The largest absolute Gasteiger partial charge is 0.352 e. The van der Waals surface area contributed by atoms with Gasteiger partial charge in [0.1, 0.15) is 5.82 Å². The number of carbonyl (C=O) groups is 2. The molecule has 0 aliphatic heterocycles. The Labute approximate surface area is 157 Å². The number of amides is 2. The number of anilines is 1. The van der Waals surface area contributed by atoms with Gasteiger partial charge in [-0.1, -0.05) is 30.3 Å². The van der Waals surface area contributed by atoms with Crippen LogP contribution in [0.4, 0.5) is 10.1 Å². The Hall–Kier alpha value is -3.21. The minimum atomic E-state index is -0.343.